The van der Waals surface area contributed by atoms with E-state index < -0.39 is 0 Å². The Bertz CT molecular complexity index is 183. The van der Waals surface area contributed by atoms with Gasteiger partial charge in [-0.3, -0.25) is 0 Å². The highest BCUT2D eigenvalue weighted by atomic mass is 32.1. The molecular formula is C5H6N2OS. The smallest absolute Gasteiger partial charge is 0.0979 e. The van der Waals surface area contributed by atoms with Crippen LogP contribution in [0.4, 0.5) is 0 Å². The Morgan fingerprint density at radius 3 is 3.22 bits per heavy atom. The summed E-state index contributed by atoms with van der Waals surface area (Å²) in [5.41, 5.74) is 0.800. The zero-order valence-electron chi connectivity index (χ0n) is 4.69. The summed E-state index contributed by atoms with van der Waals surface area (Å²) in [6.45, 7) is 0.0531. The Balaban J connectivity index is 2.57. The van der Waals surface area contributed by atoms with Gasteiger partial charge in [-0.1, -0.05) is 10.6 Å². The van der Waals surface area contributed by atoms with Crippen molar-refractivity contribution in [1.29, 1.82) is 0 Å². The number of nitrogens with zero attached hydrogens (tertiary/aromatic N) is 2. The van der Waals surface area contributed by atoms with Gasteiger partial charge in [0.2, 0.25) is 0 Å². The van der Waals surface area contributed by atoms with Crippen LogP contribution in [0.15, 0.2) is 11.5 Å². The summed E-state index contributed by atoms with van der Waals surface area (Å²) < 4.78 is 3.63. The van der Waals surface area contributed by atoms with Crippen molar-refractivity contribution < 1.29 is 5.11 Å². The highest BCUT2D eigenvalue weighted by molar-refractivity contribution is 7.03. The SMILES string of the molecule is OC/C=C/c1csnn1. The van der Waals surface area contributed by atoms with E-state index in [4.69, 9.17) is 5.11 Å². The van der Waals surface area contributed by atoms with Crippen LogP contribution in [-0.4, -0.2) is 21.3 Å². The lowest BCUT2D eigenvalue weighted by Gasteiger charge is -1.76. The lowest BCUT2D eigenvalue weighted by Crippen LogP contribution is -1.73. The summed E-state index contributed by atoms with van der Waals surface area (Å²) in [6.07, 6.45) is 3.35. The van der Waals surface area contributed by atoms with Gasteiger partial charge in [-0.25, -0.2) is 0 Å². The maximum absolute atomic E-state index is 8.33. The summed E-state index contributed by atoms with van der Waals surface area (Å²) in [5.74, 6) is 0. The van der Waals surface area contributed by atoms with Crippen molar-refractivity contribution in [1.82, 2.24) is 9.59 Å². The molecule has 0 saturated carbocycles. The molecule has 1 heterocycles. The average Bonchev–Trinajstić information content (AvgIpc) is 2.34. The first kappa shape index (κ1) is 6.38. The standard InChI is InChI=1S/C5H6N2OS/c8-3-1-2-5-4-9-7-6-5/h1-2,4,8H,3H2/b2-1+. The second kappa shape index (κ2) is 3.32. The summed E-state index contributed by atoms with van der Waals surface area (Å²) in [7, 11) is 0. The second-order valence-electron chi connectivity index (χ2n) is 1.41. The van der Waals surface area contributed by atoms with Crippen LogP contribution in [-0.2, 0) is 0 Å². The molecule has 0 radical (unpaired) electrons. The van der Waals surface area contributed by atoms with Crippen molar-refractivity contribution in [2.75, 3.05) is 6.61 Å². The molecule has 0 amide bonds. The van der Waals surface area contributed by atoms with Gasteiger partial charge in [0.15, 0.2) is 0 Å². The first-order chi connectivity index (χ1) is 4.43. The van der Waals surface area contributed by atoms with Gasteiger partial charge in [0.1, 0.15) is 0 Å². The number of aromatic nitrogens is 2. The normalized spacial score (nSPS) is 10.8. The number of aliphatic hydroxyl groups excluding tert-OH is 1. The molecule has 0 unspecified atom stereocenters. The molecule has 48 valence electrons. The first-order valence-corrected chi connectivity index (χ1v) is 3.31. The van der Waals surface area contributed by atoms with Crippen LogP contribution >= 0.6 is 11.5 Å². The molecule has 0 aromatic carbocycles. The van der Waals surface area contributed by atoms with Crippen LogP contribution in [0.5, 0.6) is 0 Å². The third-order valence-corrected chi connectivity index (χ3v) is 1.29. The quantitative estimate of drug-likeness (QED) is 0.655. The van der Waals surface area contributed by atoms with Crippen molar-refractivity contribution in [2.24, 2.45) is 0 Å². The van der Waals surface area contributed by atoms with E-state index in [0.717, 1.165) is 5.69 Å². The fraction of sp³-hybridized carbons (Fsp3) is 0.200. The van der Waals surface area contributed by atoms with E-state index in [1.807, 2.05) is 5.38 Å². The molecule has 0 aliphatic rings. The minimum atomic E-state index is 0.0531. The third kappa shape index (κ3) is 1.91. The van der Waals surface area contributed by atoms with Gasteiger partial charge in [0.05, 0.1) is 12.3 Å². The Labute approximate surface area is 56.8 Å². The maximum atomic E-state index is 8.33. The average molecular weight is 142 g/mol. The lowest BCUT2D eigenvalue weighted by atomic mass is 10.4. The summed E-state index contributed by atoms with van der Waals surface area (Å²) in [4.78, 5) is 0. The number of aliphatic hydroxyl groups is 1. The molecule has 1 aromatic heterocycles. The van der Waals surface area contributed by atoms with Crippen LogP contribution in [0.1, 0.15) is 5.69 Å². The molecule has 0 spiro atoms. The predicted octanol–water partition coefficient (Wildman–Crippen LogP) is 0.544. The minimum absolute atomic E-state index is 0.0531. The summed E-state index contributed by atoms with van der Waals surface area (Å²) in [5, 5.41) is 13.9. The first-order valence-electron chi connectivity index (χ1n) is 2.48. The second-order valence-corrected chi connectivity index (χ2v) is 2.02. The summed E-state index contributed by atoms with van der Waals surface area (Å²) >= 11 is 1.30. The Hall–Kier alpha value is -0.740. The van der Waals surface area contributed by atoms with E-state index in [1.54, 1.807) is 12.2 Å². The number of hydrogen-bond donors (Lipinski definition) is 1. The van der Waals surface area contributed by atoms with E-state index in [0.29, 0.717) is 0 Å². The van der Waals surface area contributed by atoms with Gasteiger partial charge in [0.25, 0.3) is 0 Å². The molecule has 0 aliphatic carbocycles. The topological polar surface area (TPSA) is 46.0 Å². The van der Waals surface area contributed by atoms with Crippen molar-refractivity contribution in [2.45, 2.75) is 0 Å². The molecule has 0 fully saturated rings. The summed E-state index contributed by atoms with van der Waals surface area (Å²) in [6, 6.07) is 0. The zero-order chi connectivity index (χ0) is 6.53. The fourth-order valence-corrected chi connectivity index (χ4v) is 0.840. The molecular weight excluding hydrogens is 136 g/mol. The van der Waals surface area contributed by atoms with Gasteiger partial charge >= 0.3 is 0 Å². The van der Waals surface area contributed by atoms with Crippen molar-refractivity contribution >= 4 is 17.6 Å². The van der Waals surface area contributed by atoms with Crippen LogP contribution < -0.4 is 0 Å². The molecule has 4 heteroatoms. The van der Waals surface area contributed by atoms with E-state index in [1.165, 1.54) is 11.5 Å². The maximum Gasteiger partial charge on any atom is 0.0979 e. The Kier molecular flexibility index (Phi) is 2.35. The van der Waals surface area contributed by atoms with Crippen LogP contribution in [0, 0.1) is 0 Å². The largest absolute Gasteiger partial charge is 0.392 e. The number of rotatable bonds is 2. The molecule has 0 aliphatic heterocycles. The highest BCUT2D eigenvalue weighted by Gasteiger charge is 1.85. The molecule has 0 saturated heterocycles. The Morgan fingerprint density at radius 1 is 1.78 bits per heavy atom. The lowest BCUT2D eigenvalue weighted by molar-refractivity contribution is 0.343. The number of hydrogen-bond acceptors (Lipinski definition) is 4. The van der Waals surface area contributed by atoms with Gasteiger partial charge in [0, 0.05) is 5.38 Å². The van der Waals surface area contributed by atoms with Crippen LogP contribution in [0.3, 0.4) is 0 Å². The zero-order valence-corrected chi connectivity index (χ0v) is 5.51. The molecule has 1 rings (SSSR count). The van der Waals surface area contributed by atoms with E-state index >= 15 is 0 Å². The fourth-order valence-electron chi connectivity index (χ4n) is 0.418. The van der Waals surface area contributed by atoms with Crippen molar-refractivity contribution in [3.05, 3.63) is 17.2 Å². The molecule has 0 bridgehead atoms. The molecule has 0 atom stereocenters. The molecule has 1 aromatic rings. The molecule has 1 N–H and O–H groups in total. The van der Waals surface area contributed by atoms with Gasteiger partial charge in [-0.2, -0.15) is 0 Å². The van der Waals surface area contributed by atoms with Crippen molar-refractivity contribution in [3.8, 4) is 0 Å². The molecule has 3 nitrogen and oxygen atoms in total. The van der Waals surface area contributed by atoms with Gasteiger partial charge in [-0.15, -0.1) is 5.10 Å². The van der Waals surface area contributed by atoms with E-state index in [2.05, 4.69) is 9.59 Å². The third-order valence-electron chi connectivity index (χ3n) is 0.771. The van der Waals surface area contributed by atoms with Crippen LogP contribution in [0.25, 0.3) is 6.08 Å². The van der Waals surface area contributed by atoms with Crippen molar-refractivity contribution in [3.63, 3.8) is 0 Å². The Morgan fingerprint density at radius 2 is 2.67 bits per heavy atom. The van der Waals surface area contributed by atoms with Gasteiger partial charge < -0.3 is 5.11 Å². The highest BCUT2D eigenvalue weighted by Crippen LogP contribution is 1.97. The predicted molar refractivity (Wildman–Crippen MR) is 36.0 cm³/mol. The minimum Gasteiger partial charge on any atom is -0.392 e. The van der Waals surface area contributed by atoms with E-state index in [9.17, 15) is 0 Å². The van der Waals surface area contributed by atoms with Gasteiger partial charge in [-0.05, 0) is 17.6 Å². The molecule has 9 heavy (non-hydrogen) atoms. The monoisotopic (exact) mass is 142 g/mol. The van der Waals surface area contributed by atoms with E-state index in [-0.39, 0.29) is 6.61 Å². The van der Waals surface area contributed by atoms with Crippen LogP contribution in [0.2, 0.25) is 0 Å².